The fraction of sp³-hybridized carbons (Fsp3) is 0.125. The molecule has 2 aromatic carbocycles. The van der Waals surface area contributed by atoms with E-state index in [4.69, 9.17) is 27.6 Å². The number of hydrogen-bond donors (Lipinski definition) is 0. The van der Waals surface area contributed by atoms with Gasteiger partial charge in [-0.25, -0.2) is 4.39 Å². The first-order valence-corrected chi connectivity index (χ1v) is 10.3. The Morgan fingerprint density at radius 3 is 2.65 bits per heavy atom. The topological polar surface area (TPSA) is 45.1 Å². The summed E-state index contributed by atoms with van der Waals surface area (Å²) in [7, 11) is 1.99. The first-order chi connectivity index (χ1) is 15.0. The molecule has 0 atom stereocenters. The molecule has 0 aliphatic heterocycles. The first kappa shape index (κ1) is 21.2. The third-order valence-corrected chi connectivity index (χ3v) is 5.67. The predicted octanol–water partition coefficient (Wildman–Crippen LogP) is 6.82. The molecule has 4 nitrogen and oxygen atoms in total. The molecule has 0 saturated carbocycles. The van der Waals surface area contributed by atoms with E-state index < -0.39 is 5.82 Å². The molecule has 2 heterocycles. The van der Waals surface area contributed by atoms with Crippen molar-refractivity contribution >= 4 is 23.2 Å². The lowest BCUT2D eigenvalue weighted by molar-refractivity contribution is 0.241. The molecule has 0 bridgehead atoms. The first-order valence-electron chi connectivity index (χ1n) is 9.53. The minimum Gasteiger partial charge on any atom is -0.468 e. The Hall–Kier alpha value is -3.04. The highest BCUT2D eigenvalue weighted by atomic mass is 35.5. The van der Waals surface area contributed by atoms with Crippen LogP contribution in [-0.2, 0) is 13.2 Å². The largest absolute Gasteiger partial charge is 0.468 e. The maximum Gasteiger partial charge on any atom is 0.149 e. The van der Waals surface area contributed by atoms with Gasteiger partial charge < -0.3 is 8.98 Å². The molecule has 0 saturated heterocycles. The minimum absolute atomic E-state index is 0.0224. The summed E-state index contributed by atoms with van der Waals surface area (Å²) in [5.41, 5.74) is 2.36. The lowest BCUT2D eigenvalue weighted by Gasteiger charge is -2.20. The second-order valence-electron chi connectivity index (χ2n) is 7.16. The summed E-state index contributed by atoms with van der Waals surface area (Å²) in [6, 6.07) is 17.9. The van der Waals surface area contributed by atoms with E-state index in [1.165, 1.54) is 6.07 Å². The van der Waals surface area contributed by atoms with E-state index in [0.717, 1.165) is 11.5 Å². The van der Waals surface area contributed by atoms with E-state index >= 15 is 0 Å². The van der Waals surface area contributed by atoms with E-state index in [1.54, 1.807) is 30.5 Å². The molecule has 0 aliphatic rings. The van der Waals surface area contributed by atoms with Crippen molar-refractivity contribution in [2.75, 3.05) is 7.05 Å². The van der Waals surface area contributed by atoms with Gasteiger partial charge in [0.25, 0.3) is 0 Å². The van der Waals surface area contributed by atoms with Gasteiger partial charge in [-0.2, -0.15) is 5.26 Å². The Morgan fingerprint density at radius 1 is 1.06 bits per heavy atom. The van der Waals surface area contributed by atoms with Gasteiger partial charge in [0.1, 0.15) is 11.6 Å². The average Bonchev–Trinajstić information content (AvgIpc) is 3.42. The van der Waals surface area contributed by atoms with Gasteiger partial charge in [-0.1, -0.05) is 41.4 Å². The lowest BCUT2D eigenvalue weighted by atomic mass is 9.96. The molecule has 31 heavy (non-hydrogen) atoms. The van der Waals surface area contributed by atoms with Crippen molar-refractivity contribution in [3.8, 4) is 28.5 Å². The van der Waals surface area contributed by atoms with Gasteiger partial charge in [0.05, 0.1) is 46.8 Å². The average molecular weight is 454 g/mol. The summed E-state index contributed by atoms with van der Waals surface area (Å²) in [6.45, 7) is 1.23. The number of hydrogen-bond acceptors (Lipinski definition) is 3. The van der Waals surface area contributed by atoms with Crippen molar-refractivity contribution in [2.24, 2.45) is 0 Å². The fourth-order valence-corrected chi connectivity index (χ4v) is 4.13. The van der Waals surface area contributed by atoms with Crippen molar-refractivity contribution in [1.82, 2.24) is 9.47 Å². The smallest absolute Gasteiger partial charge is 0.149 e. The number of rotatable bonds is 6. The summed E-state index contributed by atoms with van der Waals surface area (Å²) >= 11 is 12.7. The van der Waals surface area contributed by atoms with Crippen LogP contribution in [0.2, 0.25) is 10.0 Å². The molecule has 0 aliphatic carbocycles. The fourth-order valence-electron chi connectivity index (χ4n) is 3.59. The number of furan rings is 1. The minimum atomic E-state index is -0.603. The van der Waals surface area contributed by atoms with Crippen LogP contribution in [0.25, 0.3) is 22.4 Å². The highest BCUT2D eigenvalue weighted by Crippen LogP contribution is 2.41. The molecular formula is C24H18Cl2FN3O. The second-order valence-corrected chi connectivity index (χ2v) is 7.95. The highest BCUT2D eigenvalue weighted by molar-refractivity contribution is 6.36. The number of nitriles is 1. The maximum absolute atomic E-state index is 14.8. The van der Waals surface area contributed by atoms with Crippen molar-refractivity contribution in [3.05, 3.63) is 94.2 Å². The monoisotopic (exact) mass is 453 g/mol. The molecule has 4 aromatic rings. The molecule has 156 valence electrons. The molecular weight excluding hydrogens is 436 g/mol. The van der Waals surface area contributed by atoms with Crippen LogP contribution in [0, 0.1) is 17.1 Å². The number of halogens is 3. The number of aromatic nitrogens is 1. The van der Waals surface area contributed by atoms with Crippen LogP contribution in [0.4, 0.5) is 4.39 Å². The van der Waals surface area contributed by atoms with Gasteiger partial charge >= 0.3 is 0 Å². The molecule has 2 aromatic heterocycles. The van der Waals surface area contributed by atoms with E-state index in [2.05, 4.69) is 11.0 Å². The predicted molar refractivity (Wildman–Crippen MR) is 120 cm³/mol. The van der Waals surface area contributed by atoms with Gasteiger partial charge in [-0.15, -0.1) is 0 Å². The summed E-state index contributed by atoms with van der Waals surface area (Å²) in [4.78, 5) is 2.09. The van der Waals surface area contributed by atoms with Gasteiger partial charge in [0, 0.05) is 22.9 Å². The molecule has 7 heteroatoms. The molecule has 0 spiro atoms. The number of nitrogens with zero attached hydrogens (tertiary/aromatic N) is 3. The van der Waals surface area contributed by atoms with Crippen LogP contribution in [0.5, 0.6) is 0 Å². The van der Waals surface area contributed by atoms with Crippen molar-refractivity contribution in [2.45, 2.75) is 13.2 Å². The Morgan fingerprint density at radius 2 is 1.90 bits per heavy atom. The zero-order valence-electron chi connectivity index (χ0n) is 16.6. The molecule has 0 unspecified atom stereocenters. The highest BCUT2D eigenvalue weighted by Gasteiger charge is 2.20. The van der Waals surface area contributed by atoms with Crippen LogP contribution in [0.1, 0.15) is 11.3 Å². The van der Waals surface area contributed by atoms with Crippen molar-refractivity contribution < 1.29 is 8.81 Å². The van der Waals surface area contributed by atoms with Crippen molar-refractivity contribution in [3.63, 3.8) is 0 Å². The zero-order chi connectivity index (χ0) is 22.0. The maximum atomic E-state index is 14.8. The molecule has 0 N–H and O–H groups in total. The van der Waals surface area contributed by atoms with Crippen LogP contribution >= 0.6 is 23.2 Å². The lowest BCUT2D eigenvalue weighted by Crippen LogP contribution is -2.21. The van der Waals surface area contributed by atoms with Gasteiger partial charge in [0.2, 0.25) is 0 Å². The van der Waals surface area contributed by atoms with Crippen LogP contribution in [-0.4, -0.2) is 16.5 Å². The van der Waals surface area contributed by atoms with E-state index in [-0.39, 0.29) is 16.1 Å². The Balaban J connectivity index is 1.74. The summed E-state index contributed by atoms with van der Waals surface area (Å²) in [5, 5.41) is 9.87. The normalized spacial score (nSPS) is 11.1. The van der Waals surface area contributed by atoms with E-state index in [9.17, 15) is 9.65 Å². The van der Waals surface area contributed by atoms with Gasteiger partial charge in [-0.05, 0) is 43.4 Å². The molecule has 0 amide bonds. The quantitative estimate of drug-likeness (QED) is 0.321. The zero-order valence-corrected chi connectivity index (χ0v) is 18.2. The van der Waals surface area contributed by atoms with E-state index in [1.807, 2.05) is 42.1 Å². The Labute approximate surface area is 189 Å². The van der Waals surface area contributed by atoms with Crippen molar-refractivity contribution in [1.29, 1.82) is 5.26 Å². The van der Waals surface area contributed by atoms with Crippen LogP contribution in [0.3, 0.4) is 0 Å². The Kier molecular flexibility index (Phi) is 6.15. The third-order valence-electron chi connectivity index (χ3n) is 4.99. The van der Waals surface area contributed by atoms with Gasteiger partial charge in [-0.3, -0.25) is 4.90 Å². The van der Waals surface area contributed by atoms with E-state index in [0.29, 0.717) is 29.4 Å². The number of benzene rings is 2. The molecule has 4 rings (SSSR count). The second kappa shape index (κ2) is 8.99. The third kappa shape index (κ3) is 4.24. The van der Waals surface area contributed by atoms with Gasteiger partial charge in [0.15, 0.2) is 0 Å². The van der Waals surface area contributed by atoms with Crippen LogP contribution in [0.15, 0.2) is 71.5 Å². The van der Waals surface area contributed by atoms with Crippen LogP contribution < -0.4 is 0 Å². The SMILES string of the molecule is CN(Cc1ccco1)Cn1cccc1-c1ccc(C#N)c(-c2cccc(Cl)c2F)c1Cl. The standard InChI is InChI=1S/C24H18Cl2FN3O/c1-29(14-17-5-4-12-31-17)15-30-11-3-8-21(30)18-10-9-16(13-28)22(23(18)26)19-6-2-7-20(25)24(19)27/h2-12H,14-15H2,1H3. The molecule has 0 radical (unpaired) electrons. The molecule has 0 fully saturated rings. The summed E-state index contributed by atoms with van der Waals surface area (Å²) in [5.74, 6) is 0.264. The Bertz CT molecular complexity index is 1260. The summed E-state index contributed by atoms with van der Waals surface area (Å²) in [6.07, 6.45) is 3.60. The summed E-state index contributed by atoms with van der Waals surface area (Å²) < 4.78 is 22.2.